The van der Waals surface area contributed by atoms with Gasteiger partial charge in [0.1, 0.15) is 5.75 Å². The van der Waals surface area contributed by atoms with Gasteiger partial charge in [-0.2, -0.15) is 4.31 Å². The average Bonchev–Trinajstić information content (AvgIpc) is 2.66. The maximum absolute atomic E-state index is 12.9. The molecule has 7 heteroatoms. The monoisotopic (exact) mass is 432 g/mol. The van der Waals surface area contributed by atoms with Crippen molar-refractivity contribution in [3.63, 3.8) is 0 Å². The van der Waals surface area contributed by atoms with Crippen molar-refractivity contribution in [1.82, 2.24) is 9.62 Å². The van der Waals surface area contributed by atoms with Crippen LogP contribution in [0, 0.1) is 27.7 Å². The Morgan fingerprint density at radius 1 is 1.03 bits per heavy atom. The molecule has 6 nitrogen and oxygen atoms in total. The predicted molar refractivity (Wildman–Crippen MR) is 119 cm³/mol. The Hall–Kier alpha value is -2.38. The Morgan fingerprint density at radius 3 is 2.27 bits per heavy atom. The van der Waals surface area contributed by atoms with Crippen LogP contribution in [-0.4, -0.2) is 38.8 Å². The molecule has 1 amide bonds. The van der Waals surface area contributed by atoms with Gasteiger partial charge < -0.3 is 10.1 Å². The summed E-state index contributed by atoms with van der Waals surface area (Å²) in [5.41, 5.74) is 5.21. The van der Waals surface area contributed by atoms with E-state index in [2.05, 4.69) is 24.4 Å². The van der Waals surface area contributed by atoms with Crippen LogP contribution in [-0.2, 0) is 14.8 Å². The largest absolute Gasteiger partial charge is 0.494 e. The number of amides is 1. The average molecular weight is 433 g/mol. The number of nitrogens with zero attached hydrogens (tertiary/aromatic N) is 1. The van der Waals surface area contributed by atoms with Crippen molar-refractivity contribution in [1.29, 1.82) is 0 Å². The third kappa shape index (κ3) is 5.40. The molecule has 1 atom stereocenters. The summed E-state index contributed by atoms with van der Waals surface area (Å²) in [5, 5.41) is 2.91. The van der Waals surface area contributed by atoms with Gasteiger partial charge in [0.15, 0.2) is 0 Å². The van der Waals surface area contributed by atoms with E-state index in [1.54, 1.807) is 19.1 Å². The molecule has 0 aliphatic carbocycles. The zero-order chi connectivity index (χ0) is 22.6. The molecule has 0 bridgehead atoms. The number of likely N-dealkylation sites (N-methyl/N-ethyl adjacent to an activating group) is 1. The minimum absolute atomic E-state index is 0.136. The maximum atomic E-state index is 12.9. The van der Waals surface area contributed by atoms with Gasteiger partial charge in [0.2, 0.25) is 15.9 Å². The Bertz CT molecular complexity index is 1030. The Morgan fingerprint density at radius 2 is 1.67 bits per heavy atom. The van der Waals surface area contributed by atoms with Gasteiger partial charge in [0, 0.05) is 7.05 Å². The van der Waals surface area contributed by atoms with E-state index in [4.69, 9.17) is 4.74 Å². The Labute approximate surface area is 180 Å². The second kappa shape index (κ2) is 9.62. The summed E-state index contributed by atoms with van der Waals surface area (Å²) in [6.45, 7) is 11.9. The summed E-state index contributed by atoms with van der Waals surface area (Å²) >= 11 is 0. The highest BCUT2D eigenvalue weighted by Gasteiger charge is 2.24. The maximum Gasteiger partial charge on any atom is 0.243 e. The van der Waals surface area contributed by atoms with Gasteiger partial charge in [-0.3, -0.25) is 4.79 Å². The number of ether oxygens (including phenoxy) is 1. The number of aryl methyl sites for hydroxylation is 4. The van der Waals surface area contributed by atoms with E-state index in [-0.39, 0.29) is 23.4 Å². The summed E-state index contributed by atoms with van der Waals surface area (Å²) in [4.78, 5) is 12.7. The molecule has 2 aromatic carbocycles. The quantitative estimate of drug-likeness (QED) is 0.688. The molecule has 0 aromatic heterocycles. The number of carbonyl (C=O) groups is 1. The zero-order valence-corrected chi connectivity index (χ0v) is 19.7. The molecule has 0 saturated heterocycles. The first-order chi connectivity index (χ1) is 14.0. The fourth-order valence-electron chi connectivity index (χ4n) is 3.38. The predicted octanol–water partition coefficient (Wildman–Crippen LogP) is 3.82. The number of carbonyl (C=O) groups excluding carboxylic acids is 1. The molecule has 0 unspecified atom stereocenters. The number of sulfonamides is 1. The van der Waals surface area contributed by atoms with Crippen LogP contribution < -0.4 is 10.1 Å². The van der Waals surface area contributed by atoms with Crippen molar-refractivity contribution in [2.45, 2.75) is 52.5 Å². The van der Waals surface area contributed by atoms with Gasteiger partial charge >= 0.3 is 0 Å². The molecule has 0 aliphatic heterocycles. The summed E-state index contributed by atoms with van der Waals surface area (Å²) < 4.78 is 32.3. The Balaban J connectivity index is 2.11. The molecule has 0 saturated carbocycles. The van der Waals surface area contributed by atoms with Crippen LogP contribution in [0.1, 0.15) is 47.7 Å². The summed E-state index contributed by atoms with van der Waals surface area (Å²) in [6, 6.07) is 8.65. The van der Waals surface area contributed by atoms with Crippen LogP contribution in [0.25, 0.3) is 0 Å². The molecule has 0 spiro atoms. The minimum atomic E-state index is -3.79. The van der Waals surface area contributed by atoms with Crippen LogP contribution in [0.4, 0.5) is 0 Å². The van der Waals surface area contributed by atoms with Crippen LogP contribution in [0.3, 0.4) is 0 Å². The van der Waals surface area contributed by atoms with E-state index >= 15 is 0 Å². The second-order valence-corrected chi connectivity index (χ2v) is 9.75. The van der Waals surface area contributed by atoms with Gasteiger partial charge in [-0.15, -0.1) is 0 Å². The van der Waals surface area contributed by atoms with E-state index in [1.807, 2.05) is 27.7 Å². The smallest absolute Gasteiger partial charge is 0.243 e. The molecule has 2 aromatic rings. The molecule has 1 N–H and O–H groups in total. The molecule has 0 heterocycles. The first-order valence-corrected chi connectivity index (χ1v) is 11.5. The van der Waals surface area contributed by atoms with Crippen molar-refractivity contribution in [2.75, 3.05) is 20.2 Å². The van der Waals surface area contributed by atoms with Gasteiger partial charge in [0.25, 0.3) is 0 Å². The van der Waals surface area contributed by atoms with Crippen molar-refractivity contribution in [2.24, 2.45) is 0 Å². The molecule has 0 fully saturated rings. The minimum Gasteiger partial charge on any atom is -0.494 e. The van der Waals surface area contributed by atoms with E-state index < -0.39 is 10.0 Å². The number of nitrogens with one attached hydrogen (secondary N) is 1. The van der Waals surface area contributed by atoms with Crippen molar-refractivity contribution in [3.05, 3.63) is 58.1 Å². The fourth-order valence-corrected chi connectivity index (χ4v) is 4.59. The summed E-state index contributed by atoms with van der Waals surface area (Å²) in [6.07, 6.45) is 0. The van der Waals surface area contributed by atoms with Crippen molar-refractivity contribution < 1.29 is 17.9 Å². The summed E-state index contributed by atoms with van der Waals surface area (Å²) in [7, 11) is -2.38. The van der Waals surface area contributed by atoms with E-state index in [1.165, 1.54) is 18.7 Å². The lowest BCUT2D eigenvalue weighted by molar-refractivity contribution is -0.121. The molecule has 164 valence electrons. The number of benzene rings is 2. The highest BCUT2D eigenvalue weighted by Crippen LogP contribution is 2.24. The summed E-state index contributed by atoms with van der Waals surface area (Å²) in [5.74, 6) is 0.295. The lowest BCUT2D eigenvalue weighted by atomic mass is 9.96. The highest BCUT2D eigenvalue weighted by molar-refractivity contribution is 7.89. The third-order valence-corrected chi connectivity index (χ3v) is 7.05. The standard InChI is InChI=1S/C23H32N2O4S/c1-8-29-22-10-9-20(12-18(22)5)30(27,28)25(7)14-23(26)24-19(6)21-13-16(3)15(2)11-17(21)4/h9-13,19H,8,14H2,1-7H3,(H,24,26)/t19-/m0/s1. The normalized spacial score (nSPS) is 12.7. The molecule has 0 radical (unpaired) electrons. The third-order valence-electron chi connectivity index (χ3n) is 5.25. The highest BCUT2D eigenvalue weighted by atomic mass is 32.2. The van der Waals surface area contributed by atoms with Crippen molar-refractivity contribution in [3.8, 4) is 5.75 Å². The molecule has 0 aliphatic rings. The molecule has 30 heavy (non-hydrogen) atoms. The van der Waals surface area contributed by atoms with Gasteiger partial charge in [-0.05, 0) is 87.6 Å². The molecular formula is C23H32N2O4S. The fraction of sp³-hybridized carbons (Fsp3) is 0.435. The lowest BCUT2D eigenvalue weighted by Gasteiger charge is -2.21. The van der Waals surface area contributed by atoms with Gasteiger partial charge in [0.05, 0.1) is 24.1 Å². The van der Waals surface area contributed by atoms with E-state index in [0.29, 0.717) is 12.4 Å². The number of hydrogen-bond acceptors (Lipinski definition) is 4. The zero-order valence-electron chi connectivity index (χ0n) is 18.9. The van der Waals surface area contributed by atoms with Crippen molar-refractivity contribution >= 4 is 15.9 Å². The molecular weight excluding hydrogens is 400 g/mol. The van der Waals surface area contributed by atoms with Gasteiger partial charge in [-0.25, -0.2) is 8.42 Å². The SMILES string of the molecule is CCOc1ccc(S(=O)(=O)N(C)CC(=O)N[C@@H](C)c2cc(C)c(C)cc2C)cc1C. The number of hydrogen-bond donors (Lipinski definition) is 1. The first-order valence-electron chi connectivity index (χ1n) is 10.0. The number of rotatable bonds is 8. The molecule has 2 rings (SSSR count). The van der Waals surface area contributed by atoms with Crippen LogP contribution in [0.15, 0.2) is 35.2 Å². The second-order valence-electron chi connectivity index (χ2n) is 7.70. The first kappa shape index (κ1) is 23.9. The van der Waals surface area contributed by atoms with Crippen LogP contribution in [0.2, 0.25) is 0 Å². The van der Waals surface area contributed by atoms with E-state index in [0.717, 1.165) is 26.6 Å². The topological polar surface area (TPSA) is 75.7 Å². The Kier molecular flexibility index (Phi) is 7.66. The lowest BCUT2D eigenvalue weighted by Crippen LogP contribution is -2.39. The van der Waals surface area contributed by atoms with Crippen LogP contribution >= 0.6 is 0 Å². The van der Waals surface area contributed by atoms with E-state index in [9.17, 15) is 13.2 Å². The van der Waals surface area contributed by atoms with Crippen LogP contribution in [0.5, 0.6) is 5.75 Å². The van der Waals surface area contributed by atoms with Gasteiger partial charge in [-0.1, -0.05) is 12.1 Å².